The first kappa shape index (κ1) is 24.8. The number of nitrogens with zero attached hydrogens (tertiary/aromatic N) is 4. The zero-order chi connectivity index (χ0) is 26.1. The number of benzene rings is 2. The molecule has 1 aliphatic carbocycles. The van der Waals surface area contributed by atoms with Crippen molar-refractivity contribution in [3.63, 3.8) is 0 Å². The Kier molecular flexibility index (Phi) is 6.99. The van der Waals surface area contributed by atoms with E-state index in [1.807, 2.05) is 0 Å². The second-order valence-corrected chi connectivity index (χ2v) is 11.3. The number of carbonyl (C=O) groups is 1. The van der Waals surface area contributed by atoms with E-state index < -0.39 is 4.92 Å². The molecule has 2 aromatic carbocycles. The molecule has 2 aromatic heterocycles. The van der Waals surface area contributed by atoms with Crippen LogP contribution < -0.4 is 10.2 Å². The molecule has 198 valence electrons. The first-order valence-corrected chi connectivity index (χ1v) is 14.2. The molecule has 0 spiro atoms. The highest BCUT2D eigenvalue weighted by molar-refractivity contribution is 7.13. The molecule has 1 saturated carbocycles. The third-order valence-corrected chi connectivity index (χ3v) is 8.94. The lowest BCUT2D eigenvalue weighted by atomic mass is 9.84. The molecule has 6 rings (SSSR count). The molecule has 38 heavy (non-hydrogen) atoms. The third-order valence-electron chi connectivity index (χ3n) is 8.13. The van der Waals surface area contributed by atoms with Crippen molar-refractivity contribution in [1.29, 1.82) is 0 Å². The second-order valence-electron chi connectivity index (χ2n) is 10.5. The average molecular weight is 533 g/mol. The number of fused-ring (bicyclic) bond motifs is 2. The van der Waals surface area contributed by atoms with Gasteiger partial charge in [0.25, 0.3) is 11.6 Å². The van der Waals surface area contributed by atoms with Crippen molar-refractivity contribution in [2.75, 3.05) is 37.6 Å². The lowest BCUT2D eigenvalue weighted by Crippen LogP contribution is -2.47. The summed E-state index contributed by atoms with van der Waals surface area (Å²) < 4.78 is 5.98. The van der Waals surface area contributed by atoms with Crippen molar-refractivity contribution in [3.05, 3.63) is 64.3 Å². The maximum absolute atomic E-state index is 12.8. The first-order chi connectivity index (χ1) is 18.5. The standard InChI is InChI=1S/C28H32N6O3S/c35-28(25-18-20-17-22(34(36)37)9-10-24(20)30-25)29-21-7-5-19(6-8-21)11-12-32-13-15-33(16-14-32)27-23-3-1-2-4-26(23)38-31-27/h1-4,9-10,17-19,21,30H,5-8,11-16H2,(H,29,35). The van der Waals surface area contributed by atoms with E-state index in [0.717, 1.165) is 69.7 Å². The minimum absolute atomic E-state index is 0.0248. The summed E-state index contributed by atoms with van der Waals surface area (Å²) in [6.45, 7) is 5.32. The predicted molar refractivity (Wildman–Crippen MR) is 151 cm³/mol. The number of carbonyl (C=O) groups excluding carboxylic acids is 1. The van der Waals surface area contributed by atoms with Crippen LogP contribution in [0.2, 0.25) is 0 Å². The number of nitro benzene ring substituents is 1. The number of aromatic nitrogens is 2. The van der Waals surface area contributed by atoms with Crippen LogP contribution in [-0.4, -0.2) is 63.9 Å². The number of anilines is 1. The smallest absolute Gasteiger partial charge is 0.270 e. The van der Waals surface area contributed by atoms with Gasteiger partial charge in [0.05, 0.1) is 9.62 Å². The zero-order valence-electron chi connectivity index (χ0n) is 21.3. The van der Waals surface area contributed by atoms with E-state index in [4.69, 9.17) is 4.37 Å². The normalized spacial score (nSPS) is 20.7. The van der Waals surface area contributed by atoms with E-state index in [9.17, 15) is 14.9 Å². The fourth-order valence-corrected chi connectivity index (χ4v) is 6.66. The molecule has 0 unspecified atom stereocenters. The van der Waals surface area contributed by atoms with Crippen LogP contribution >= 0.6 is 11.5 Å². The molecule has 1 saturated heterocycles. The van der Waals surface area contributed by atoms with Crippen LogP contribution in [0.3, 0.4) is 0 Å². The maximum atomic E-state index is 12.8. The Balaban J connectivity index is 0.936. The van der Waals surface area contributed by atoms with E-state index in [1.54, 1.807) is 23.7 Å². The van der Waals surface area contributed by atoms with Crippen LogP contribution in [-0.2, 0) is 0 Å². The first-order valence-electron chi connectivity index (χ1n) is 13.4. The number of rotatable bonds is 7. The van der Waals surface area contributed by atoms with Gasteiger partial charge in [0, 0.05) is 60.6 Å². The fraction of sp³-hybridized carbons (Fsp3) is 0.429. The maximum Gasteiger partial charge on any atom is 0.270 e. The molecule has 2 N–H and O–H groups in total. The number of H-pyrrole nitrogens is 1. The number of nitrogens with one attached hydrogen (secondary N) is 2. The van der Waals surface area contributed by atoms with Crippen molar-refractivity contribution < 1.29 is 9.72 Å². The summed E-state index contributed by atoms with van der Waals surface area (Å²) >= 11 is 1.59. The number of hydrogen-bond acceptors (Lipinski definition) is 7. The Labute approximate surface area is 225 Å². The quantitative estimate of drug-likeness (QED) is 0.251. The van der Waals surface area contributed by atoms with Crippen molar-refractivity contribution in [2.24, 2.45) is 5.92 Å². The highest BCUT2D eigenvalue weighted by atomic mass is 32.1. The van der Waals surface area contributed by atoms with E-state index in [1.165, 1.54) is 28.6 Å². The molecule has 4 aromatic rings. The Bertz CT molecular complexity index is 1450. The Morgan fingerprint density at radius 2 is 1.87 bits per heavy atom. The summed E-state index contributed by atoms with van der Waals surface area (Å²) in [6.07, 6.45) is 5.46. The lowest BCUT2D eigenvalue weighted by molar-refractivity contribution is -0.384. The molecule has 9 nitrogen and oxygen atoms in total. The minimum atomic E-state index is -0.422. The summed E-state index contributed by atoms with van der Waals surface area (Å²) in [5, 5.41) is 16.1. The minimum Gasteiger partial charge on any atom is -0.353 e. The Morgan fingerprint density at radius 1 is 1.08 bits per heavy atom. The van der Waals surface area contributed by atoms with Crippen molar-refractivity contribution in [3.8, 4) is 0 Å². The van der Waals surface area contributed by atoms with Crippen molar-refractivity contribution in [1.82, 2.24) is 19.6 Å². The monoisotopic (exact) mass is 532 g/mol. The van der Waals surface area contributed by atoms with Gasteiger partial charge in [-0.1, -0.05) is 12.1 Å². The van der Waals surface area contributed by atoms with E-state index in [-0.39, 0.29) is 17.6 Å². The summed E-state index contributed by atoms with van der Waals surface area (Å²) in [4.78, 5) is 31.5. The molecule has 3 heterocycles. The largest absolute Gasteiger partial charge is 0.353 e. The van der Waals surface area contributed by atoms with Crippen molar-refractivity contribution in [2.45, 2.75) is 38.1 Å². The van der Waals surface area contributed by atoms with E-state index in [2.05, 4.69) is 44.4 Å². The van der Waals surface area contributed by atoms with Crippen molar-refractivity contribution >= 4 is 49.9 Å². The third kappa shape index (κ3) is 5.23. The molecule has 0 bridgehead atoms. The summed E-state index contributed by atoms with van der Waals surface area (Å²) in [5.74, 6) is 1.70. The van der Waals surface area contributed by atoms with Gasteiger partial charge in [0.1, 0.15) is 11.5 Å². The van der Waals surface area contributed by atoms with Crippen LogP contribution in [0.15, 0.2) is 48.5 Å². The Hall–Kier alpha value is -3.50. The molecule has 0 radical (unpaired) electrons. The van der Waals surface area contributed by atoms with E-state index >= 15 is 0 Å². The van der Waals surface area contributed by atoms with Crippen LogP contribution in [0, 0.1) is 16.0 Å². The predicted octanol–water partition coefficient (Wildman–Crippen LogP) is 5.19. The van der Waals surface area contributed by atoms with Crippen LogP contribution in [0.25, 0.3) is 21.0 Å². The number of amides is 1. The molecular formula is C28H32N6O3S. The molecule has 1 aliphatic heterocycles. The fourth-order valence-electron chi connectivity index (χ4n) is 5.86. The van der Waals surface area contributed by atoms with Gasteiger partial charge < -0.3 is 15.2 Å². The van der Waals surface area contributed by atoms with Crippen LogP contribution in [0.1, 0.15) is 42.6 Å². The second kappa shape index (κ2) is 10.7. The lowest BCUT2D eigenvalue weighted by Gasteiger charge is -2.36. The Morgan fingerprint density at radius 3 is 2.66 bits per heavy atom. The summed E-state index contributed by atoms with van der Waals surface area (Å²) in [5.41, 5.74) is 1.20. The number of hydrogen-bond donors (Lipinski definition) is 2. The zero-order valence-corrected chi connectivity index (χ0v) is 22.1. The highest BCUT2D eigenvalue weighted by Crippen LogP contribution is 2.31. The summed E-state index contributed by atoms with van der Waals surface area (Å²) in [7, 11) is 0. The van der Waals surface area contributed by atoms with Crippen LogP contribution in [0.5, 0.6) is 0 Å². The molecule has 2 fully saturated rings. The average Bonchev–Trinajstić information content (AvgIpc) is 3.57. The molecule has 0 atom stereocenters. The van der Waals surface area contributed by atoms with E-state index in [0.29, 0.717) is 17.0 Å². The topological polar surface area (TPSA) is 107 Å². The van der Waals surface area contributed by atoms with Gasteiger partial charge >= 0.3 is 0 Å². The van der Waals surface area contributed by atoms with Gasteiger partial charge in [0.15, 0.2) is 0 Å². The van der Waals surface area contributed by atoms with Gasteiger partial charge in [0.2, 0.25) is 0 Å². The SMILES string of the molecule is O=C(NC1CCC(CCN2CCN(c3nsc4ccccc34)CC2)CC1)c1cc2cc([N+](=O)[O-])ccc2[nH]1. The van der Waals surface area contributed by atoms with Gasteiger partial charge in [-0.15, -0.1) is 0 Å². The van der Waals surface area contributed by atoms with Gasteiger partial charge in [-0.25, -0.2) is 0 Å². The van der Waals surface area contributed by atoms with Gasteiger partial charge in [-0.2, -0.15) is 4.37 Å². The number of aromatic amines is 1. The molecular weight excluding hydrogens is 500 g/mol. The number of non-ortho nitro benzene ring substituents is 1. The van der Waals surface area contributed by atoms with Crippen LogP contribution in [0.4, 0.5) is 11.5 Å². The van der Waals surface area contributed by atoms with Gasteiger partial charge in [-0.3, -0.25) is 19.8 Å². The summed E-state index contributed by atoms with van der Waals surface area (Å²) in [6, 6.07) is 14.9. The van der Waals surface area contributed by atoms with Gasteiger partial charge in [-0.05, 0) is 80.4 Å². The molecule has 2 aliphatic rings. The molecule has 10 heteroatoms. The highest BCUT2D eigenvalue weighted by Gasteiger charge is 2.25. The number of nitro groups is 1. The number of piperazine rings is 1. The molecule has 1 amide bonds.